The summed E-state index contributed by atoms with van der Waals surface area (Å²) < 4.78 is 0. The Kier molecular flexibility index (Phi) is 4.49. The van der Waals surface area contributed by atoms with E-state index in [1.165, 1.54) is 9.75 Å². The number of rotatable bonds is 4. The number of thiophene rings is 1. The van der Waals surface area contributed by atoms with Gasteiger partial charge in [-0.15, -0.1) is 11.3 Å². The Hall–Kier alpha value is -0.770. The van der Waals surface area contributed by atoms with Gasteiger partial charge >= 0.3 is 0 Å². The fourth-order valence-corrected chi connectivity index (χ4v) is 3.16. The topological polar surface area (TPSA) is 24.9 Å². The van der Waals surface area contributed by atoms with Crippen molar-refractivity contribution in [3.8, 4) is 0 Å². The zero-order valence-corrected chi connectivity index (χ0v) is 12.5. The number of nitrogens with one attached hydrogen (secondary N) is 1. The minimum absolute atomic E-state index is 0.272. The van der Waals surface area contributed by atoms with Crippen molar-refractivity contribution in [1.29, 1.82) is 0 Å². The third-order valence-corrected chi connectivity index (χ3v) is 4.01. The molecule has 0 saturated heterocycles. The fraction of sp³-hybridized carbons (Fsp3) is 0.308. The molecule has 0 aliphatic carbocycles. The van der Waals surface area contributed by atoms with Gasteiger partial charge in [-0.25, -0.2) is 4.98 Å². The normalized spacial score (nSPS) is 12.4. The number of hydrogen-bond donors (Lipinski definition) is 1. The lowest BCUT2D eigenvalue weighted by Gasteiger charge is -2.14. The molecule has 18 heavy (non-hydrogen) atoms. The molecule has 1 atom stereocenters. The summed E-state index contributed by atoms with van der Waals surface area (Å²) in [5.74, 6) is 0.682. The number of anilines is 1. The number of pyridine rings is 1. The van der Waals surface area contributed by atoms with Gasteiger partial charge in [-0.2, -0.15) is 0 Å². The second-order valence-electron chi connectivity index (χ2n) is 4.25. The molecule has 1 unspecified atom stereocenters. The molecule has 2 heterocycles. The summed E-state index contributed by atoms with van der Waals surface area (Å²) in [5.41, 5.74) is 0. The van der Waals surface area contributed by atoms with Crippen molar-refractivity contribution >= 4 is 40.4 Å². The Balaban J connectivity index is 2.00. The molecule has 96 valence electrons. The number of aromatic nitrogens is 1. The van der Waals surface area contributed by atoms with E-state index in [2.05, 4.69) is 36.3 Å². The predicted molar refractivity (Wildman–Crippen MR) is 80.1 cm³/mol. The standard InChI is InChI=1S/C13H14Cl2N2S/c1-8(5-11-4-3-9(2)18-11)17-13-12(15)6-10(14)7-16-13/h3-4,6-8H,5H2,1-2H3,(H,16,17). The maximum Gasteiger partial charge on any atom is 0.145 e. The van der Waals surface area contributed by atoms with Crippen LogP contribution in [-0.2, 0) is 6.42 Å². The lowest BCUT2D eigenvalue weighted by Crippen LogP contribution is -2.18. The van der Waals surface area contributed by atoms with Crippen molar-refractivity contribution in [2.24, 2.45) is 0 Å². The smallest absolute Gasteiger partial charge is 0.145 e. The molecule has 0 fully saturated rings. The lowest BCUT2D eigenvalue weighted by molar-refractivity contribution is 0.794. The van der Waals surface area contributed by atoms with Crippen LogP contribution in [0.3, 0.4) is 0 Å². The Morgan fingerprint density at radius 3 is 2.78 bits per heavy atom. The highest BCUT2D eigenvalue weighted by Crippen LogP contribution is 2.24. The lowest BCUT2D eigenvalue weighted by atomic mass is 10.2. The van der Waals surface area contributed by atoms with E-state index in [0.717, 1.165) is 6.42 Å². The molecular weight excluding hydrogens is 287 g/mol. The summed E-state index contributed by atoms with van der Waals surface area (Å²) in [4.78, 5) is 6.89. The van der Waals surface area contributed by atoms with Gasteiger partial charge in [0.05, 0.1) is 10.0 Å². The van der Waals surface area contributed by atoms with E-state index in [1.54, 1.807) is 12.3 Å². The molecular formula is C13H14Cl2N2S. The SMILES string of the molecule is Cc1ccc(CC(C)Nc2ncc(Cl)cc2Cl)s1. The Bertz CT molecular complexity index is 540. The molecule has 0 aliphatic heterocycles. The number of hydrogen-bond acceptors (Lipinski definition) is 3. The molecule has 2 nitrogen and oxygen atoms in total. The van der Waals surface area contributed by atoms with Gasteiger partial charge in [0.2, 0.25) is 0 Å². The molecule has 2 rings (SSSR count). The van der Waals surface area contributed by atoms with Gasteiger partial charge in [0.1, 0.15) is 5.82 Å². The molecule has 2 aromatic heterocycles. The van der Waals surface area contributed by atoms with Gasteiger partial charge in [-0.3, -0.25) is 0 Å². The number of halogens is 2. The fourth-order valence-electron chi connectivity index (χ4n) is 1.70. The second kappa shape index (κ2) is 5.91. The highest BCUT2D eigenvalue weighted by molar-refractivity contribution is 7.11. The zero-order valence-electron chi connectivity index (χ0n) is 10.2. The molecule has 0 radical (unpaired) electrons. The first-order valence-electron chi connectivity index (χ1n) is 5.67. The summed E-state index contributed by atoms with van der Waals surface area (Å²) in [5, 5.41) is 4.40. The molecule has 0 amide bonds. The summed E-state index contributed by atoms with van der Waals surface area (Å²) >= 11 is 13.7. The average Bonchev–Trinajstić information content (AvgIpc) is 2.68. The van der Waals surface area contributed by atoms with Crippen LogP contribution in [0.1, 0.15) is 16.7 Å². The third-order valence-electron chi connectivity index (χ3n) is 2.49. The summed E-state index contributed by atoms with van der Waals surface area (Å²) in [6, 6.07) is 6.27. The first kappa shape index (κ1) is 13.7. The Morgan fingerprint density at radius 1 is 1.39 bits per heavy atom. The van der Waals surface area contributed by atoms with Crippen molar-refractivity contribution in [3.05, 3.63) is 44.2 Å². The van der Waals surface area contributed by atoms with Gasteiger partial charge in [0, 0.05) is 28.4 Å². The van der Waals surface area contributed by atoms with Gasteiger partial charge in [0.25, 0.3) is 0 Å². The number of nitrogens with zero attached hydrogens (tertiary/aromatic N) is 1. The van der Waals surface area contributed by atoms with Crippen LogP contribution in [0.4, 0.5) is 5.82 Å². The van der Waals surface area contributed by atoms with Gasteiger partial charge in [-0.1, -0.05) is 23.2 Å². The molecule has 2 aromatic rings. The van der Waals surface area contributed by atoms with E-state index in [1.807, 2.05) is 11.3 Å². The van der Waals surface area contributed by atoms with E-state index in [0.29, 0.717) is 15.9 Å². The predicted octanol–water partition coefficient (Wildman–Crippen LogP) is 4.80. The third kappa shape index (κ3) is 3.61. The van der Waals surface area contributed by atoms with Crippen LogP contribution < -0.4 is 5.32 Å². The average molecular weight is 301 g/mol. The highest BCUT2D eigenvalue weighted by atomic mass is 35.5. The Labute approximate surface area is 121 Å². The minimum Gasteiger partial charge on any atom is -0.366 e. The second-order valence-corrected chi connectivity index (χ2v) is 6.46. The van der Waals surface area contributed by atoms with Crippen molar-refractivity contribution in [2.45, 2.75) is 26.3 Å². The monoisotopic (exact) mass is 300 g/mol. The summed E-state index contributed by atoms with van der Waals surface area (Å²) in [6.07, 6.45) is 2.55. The summed E-state index contributed by atoms with van der Waals surface area (Å²) in [7, 11) is 0. The van der Waals surface area contributed by atoms with Crippen molar-refractivity contribution in [2.75, 3.05) is 5.32 Å². The molecule has 1 N–H and O–H groups in total. The minimum atomic E-state index is 0.272. The van der Waals surface area contributed by atoms with E-state index in [-0.39, 0.29) is 6.04 Å². The van der Waals surface area contributed by atoms with E-state index in [9.17, 15) is 0 Å². The molecule has 0 aromatic carbocycles. The first-order chi connectivity index (χ1) is 8.54. The largest absolute Gasteiger partial charge is 0.366 e. The van der Waals surface area contributed by atoms with Crippen LogP contribution in [0, 0.1) is 6.92 Å². The molecule has 0 aliphatic rings. The van der Waals surface area contributed by atoms with Crippen LogP contribution in [0.25, 0.3) is 0 Å². The highest BCUT2D eigenvalue weighted by Gasteiger charge is 2.09. The van der Waals surface area contributed by atoms with Crippen LogP contribution in [0.5, 0.6) is 0 Å². The molecule has 0 spiro atoms. The van der Waals surface area contributed by atoms with Gasteiger partial charge < -0.3 is 5.32 Å². The maximum absolute atomic E-state index is 6.07. The van der Waals surface area contributed by atoms with E-state index >= 15 is 0 Å². The van der Waals surface area contributed by atoms with Crippen LogP contribution >= 0.6 is 34.5 Å². The van der Waals surface area contributed by atoms with E-state index in [4.69, 9.17) is 23.2 Å². The van der Waals surface area contributed by atoms with Crippen molar-refractivity contribution in [3.63, 3.8) is 0 Å². The van der Waals surface area contributed by atoms with Crippen LogP contribution in [0.15, 0.2) is 24.4 Å². The van der Waals surface area contributed by atoms with Crippen molar-refractivity contribution in [1.82, 2.24) is 4.98 Å². The zero-order chi connectivity index (χ0) is 13.1. The molecule has 5 heteroatoms. The number of aryl methyl sites for hydroxylation is 1. The van der Waals surface area contributed by atoms with Crippen molar-refractivity contribution < 1.29 is 0 Å². The maximum atomic E-state index is 6.07. The quantitative estimate of drug-likeness (QED) is 0.877. The molecule has 0 bridgehead atoms. The van der Waals surface area contributed by atoms with Crippen LogP contribution in [0.2, 0.25) is 10.0 Å². The van der Waals surface area contributed by atoms with E-state index < -0.39 is 0 Å². The van der Waals surface area contributed by atoms with Gasteiger partial charge in [0.15, 0.2) is 0 Å². The van der Waals surface area contributed by atoms with Gasteiger partial charge in [-0.05, 0) is 32.0 Å². The molecule has 0 saturated carbocycles. The first-order valence-corrected chi connectivity index (χ1v) is 7.24. The summed E-state index contributed by atoms with van der Waals surface area (Å²) in [6.45, 7) is 4.23. The Morgan fingerprint density at radius 2 is 2.17 bits per heavy atom. The van der Waals surface area contributed by atoms with Crippen LogP contribution in [-0.4, -0.2) is 11.0 Å².